The maximum absolute atomic E-state index is 14.0. The van der Waals surface area contributed by atoms with Gasteiger partial charge in [0.1, 0.15) is 34.2 Å². The number of amides is 1. The second kappa shape index (κ2) is 11.6. The third-order valence-corrected chi connectivity index (χ3v) is 7.43. The molecule has 0 bridgehead atoms. The van der Waals surface area contributed by atoms with Crippen LogP contribution in [0, 0.1) is 23.3 Å². The Kier molecular flexibility index (Phi) is 8.65. The summed E-state index contributed by atoms with van der Waals surface area (Å²) in [7, 11) is 0. The summed E-state index contributed by atoms with van der Waals surface area (Å²) in [6, 6.07) is 3.82. The number of aromatic nitrogens is 2. The monoisotopic (exact) mass is 585 g/mol. The van der Waals surface area contributed by atoms with Gasteiger partial charge in [-0.15, -0.1) is 0 Å². The second-order valence-corrected chi connectivity index (χ2v) is 9.81. The van der Waals surface area contributed by atoms with Crippen LogP contribution in [-0.2, 0) is 17.6 Å². The van der Waals surface area contributed by atoms with E-state index in [2.05, 4.69) is 9.97 Å². The quantitative estimate of drug-likeness (QED) is 0.178. The number of hydrogen-bond donors (Lipinski definition) is 0. The van der Waals surface area contributed by atoms with Crippen LogP contribution in [0.25, 0.3) is 21.8 Å². The number of pyridine rings is 2. The summed E-state index contributed by atoms with van der Waals surface area (Å²) in [4.78, 5) is 22.0. The average Bonchev–Trinajstić information content (AvgIpc) is 2.83. The van der Waals surface area contributed by atoms with Gasteiger partial charge in [0.25, 0.3) is 0 Å². The Morgan fingerprint density at radius 2 is 1.32 bits per heavy atom. The molecule has 0 unspecified atom stereocenters. The molecule has 4 aromatic rings. The summed E-state index contributed by atoms with van der Waals surface area (Å²) >= 11 is 18.2. The number of hydrogen-bond acceptors (Lipinski definition) is 3. The summed E-state index contributed by atoms with van der Waals surface area (Å²) in [5, 5.41) is 0.816. The highest BCUT2D eigenvalue weighted by molar-refractivity contribution is 6.39. The zero-order valence-electron chi connectivity index (χ0n) is 20.4. The minimum absolute atomic E-state index is 0.0271. The minimum Gasteiger partial charge on any atom is -0.297 e. The molecule has 1 amide bonds. The van der Waals surface area contributed by atoms with Crippen molar-refractivity contribution in [2.24, 2.45) is 0 Å². The molecule has 1 saturated heterocycles. The number of halogens is 7. The molecule has 3 heterocycles. The lowest BCUT2D eigenvalue weighted by molar-refractivity contribution is -0.119. The Hall–Kier alpha value is -2.68. The van der Waals surface area contributed by atoms with Gasteiger partial charge in [0, 0.05) is 48.4 Å². The van der Waals surface area contributed by atoms with Gasteiger partial charge in [0.15, 0.2) is 0 Å². The number of carbonyl (C=O) groups is 1. The van der Waals surface area contributed by atoms with Crippen LogP contribution in [-0.4, -0.2) is 22.4 Å². The molecule has 38 heavy (non-hydrogen) atoms. The van der Waals surface area contributed by atoms with E-state index in [1.807, 2.05) is 13.8 Å². The fraction of sp³-hybridized carbons (Fsp3) is 0.296. The van der Waals surface area contributed by atoms with Gasteiger partial charge in [-0.05, 0) is 25.7 Å². The summed E-state index contributed by atoms with van der Waals surface area (Å²) in [5.41, 5.74) is 1.45. The number of fused-ring (bicyclic) bond motifs is 2. The highest BCUT2D eigenvalue weighted by Crippen LogP contribution is 2.36. The molecule has 0 aliphatic carbocycles. The first-order valence-corrected chi connectivity index (χ1v) is 13.1. The molecule has 200 valence electrons. The third-order valence-electron chi connectivity index (χ3n) is 6.29. The van der Waals surface area contributed by atoms with Crippen molar-refractivity contribution >= 4 is 68.3 Å². The third kappa shape index (κ3) is 5.40. The van der Waals surface area contributed by atoms with Gasteiger partial charge in [-0.1, -0.05) is 48.7 Å². The van der Waals surface area contributed by atoms with Gasteiger partial charge in [-0.3, -0.25) is 9.69 Å². The van der Waals surface area contributed by atoms with Crippen LogP contribution >= 0.6 is 34.8 Å². The van der Waals surface area contributed by atoms with Crippen molar-refractivity contribution < 1.29 is 22.4 Å². The fourth-order valence-electron chi connectivity index (χ4n) is 4.44. The lowest BCUT2D eigenvalue weighted by Crippen LogP contribution is -2.36. The standard InChI is InChI=1S/C16H15ClF2N2O.C11H7Cl2F2N/c1-2-10-15(17)14-11(19)7-9(18)8-12(14)20-16(10)21-6-4-3-5-13(21)22;1-2-6-10(12)9-7(15)3-5(14)4-8(9)16-11(6)13/h7-8H,2-6H2,1H3;3-4H,2H2,1H3. The normalized spacial score (nSPS) is 13.7. The van der Waals surface area contributed by atoms with E-state index >= 15 is 0 Å². The molecule has 5 rings (SSSR count). The second-order valence-electron chi connectivity index (χ2n) is 8.70. The molecule has 2 aromatic carbocycles. The van der Waals surface area contributed by atoms with Crippen molar-refractivity contribution in [1.82, 2.24) is 9.97 Å². The maximum atomic E-state index is 14.0. The Labute approximate surface area is 231 Å². The van der Waals surface area contributed by atoms with Crippen LogP contribution in [0.5, 0.6) is 0 Å². The van der Waals surface area contributed by atoms with E-state index < -0.39 is 23.3 Å². The number of rotatable bonds is 3. The van der Waals surface area contributed by atoms with Gasteiger partial charge < -0.3 is 0 Å². The molecule has 4 nitrogen and oxygen atoms in total. The van der Waals surface area contributed by atoms with E-state index in [1.54, 1.807) is 4.90 Å². The molecule has 0 atom stereocenters. The lowest BCUT2D eigenvalue weighted by atomic mass is 10.1. The van der Waals surface area contributed by atoms with E-state index in [1.165, 1.54) is 0 Å². The molecule has 0 saturated carbocycles. The Morgan fingerprint density at radius 3 is 1.84 bits per heavy atom. The van der Waals surface area contributed by atoms with Crippen molar-refractivity contribution in [1.29, 1.82) is 0 Å². The van der Waals surface area contributed by atoms with Gasteiger partial charge in [-0.2, -0.15) is 0 Å². The summed E-state index contributed by atoms with van der Waals surface area (Å²) in [5.74, 6) is -2.48. The highest BCUT2D eigenvalue weighted by Gasteiger charge is 2.26. The van der Waals surface area contributed by atoms with Gasteiger partial charge in [-0.25, -0.2) is 27.5 Å². The first-order valence-electron chi connectivity index (χ1n) is 12.0. The van der Waals surface area contributed by atoms with Crippen LogP contribution in [0.3, 0.4) is 0 Å². The number of nitrogens with zero attached hydrogens (tertiary/aromatic N) is 3. The van der Waals surface area contributed by atoms with Crippen LogP contribution in [0.1, 0.15) is 44.2 Å². The van der Waals surface area contributed by atoms with Crippen LogP contribution in [0.4, 0.5) is 23.4 Å². The molecule has 0 spiro atoms. The number of benzene rings is 2. The maximum Gasteiger partial charge on any atom is 0.228 e. The molecular weight excluding hydrogens is 565 g/mol. The molecular formula is C27H22Cl3F4N3O. The Morgan fingerprint density at radius 1 is 0.789 bits per heavy atom. The predicted molar refractivity (Wildman–Crippen MR) is 143 cm³/mol. The van der Waals surface area contributed by atoms with E-state index in [4.69, 9.17) is 34.8 Å². The van der Waals surface area contributed by atoms with Crippen molar-refractivity contribution in [3.8, 4) is 0 Å². The SMILES string of the molecule is CCc1c(Cl)nc2cc(F)cc(F)c2c1Cl.CCc1c(N2CCCCC2=O)nc2cc(F)cc(F)c2c1Cl. The van der Waals surface area contributed by atoms with Gasteiger partial charge in [0.2, 0.25) is 5.91 Å². The fourth-order valence-corrected chi connectivity index (χ4v) is 5.63. The first-order chi connectivity index (χ1) is 18.1. The van der Waals surface area contributed by atoms with Crippen molar-refractivity contribution in [2.45, 2.75) is 46.0 Å². The predicted octanol–water partition coefficient (Wildman–Crippen LogP) is 8.63. The van der Waals surface area contributed by atoms with Crippen LogP contribution < -0.4 is 4.90 Å². The summed E-state index contributed by atoms with van der Waals surface area (Å²) < 4.78 is 54.0. The first kappa shape index (κ1) is 28.3. The molecule has 2 aromatic heterocycles. The molecule has 0 N–H and O–H groups in total. The smallest absolute Gasteiger partial charge is 0.228 e. The zero-order chi connectivity index (χ0) is 27.7. The molecule has 1 fully saturated rings. The van der Waals surface area contributed by atoms with E-state index in [0.29, 0.717) is 42.8 Å². The molecule has 0 radical (unpaired) electrons. The molecule has 11 heteroatoms. The Balaban J connectivity index is 0.000000186. The van der Waals surface area contributed by atoms with E-state index in [0.717, 1.165) is 37.1 Å². The van der Waals surface area contributed by atoms with Crippen molar-refractivity contribution in [3.63, 3.8) is 0 Å². The number of carbonyl (C=O) groups excluding carboxylic acids is 1. The van der Waals surface area contributed by atoms with Gasteiger partial charge in [0.05, 0.1) is 31.9 Å². The van der Waals surface area contributed by atoms with Crippen molar-refractivity contribution in [2.75, 3.05) is 11.4 Å². The number of anilines is 1. The lowest BCUT2D eigenvalue weighted by Gasteiger charge is -2.28. The summed E-state index contributed by atoms with van der Waals surface area (Å²) in [6.45, 7) is 4.26. The average molecular weight is 587 g/mol. The van der Waals surface area contributed by atoms with E-state index in [9.17, 15) is 22.4 Å². The minimum atomic E-state index is -0.737. The molecule has 1 aliphatic rings. The van der Waals surface area contributed by atoms with Crippen molar-refractivity contribution in [3.05, 3.63) is 73.9 Å². The highest BCUT2D eigenvalue weighted by atomic mass is 35.5. The van der Waals surface area contributed by atoms with Crippen LogP contribution in [0.2, 0.25) is 15.2 Å². The molecule has 1 aliphatic heterocycles. The largest absolute Gasteiger partial charge is 0.297 e. The van der Waals surface area contributed by atoms with Crippen LogP contribution in [0.15, 0.2) is 24.3 Å². The van der Waals surface area contributed by atoms with Gasteiger partial charge >= 0.3 is 0 Å². The van der Waals surface area contributed by atoms with E-state index in [-0.39, 0.29) is 42.9 Å². The summed E-state index contributed by atoms with van der Waals surface area (Å²) in [6.07, 6.45) is 3.23. The number of piperidine rings is 1. The topological polar surface area (TPSA) is 46.1 Å². The Bertz CT molecular complexity index is 1570. The zero-order valence-corrected chi connectivity index (χ0v) is 22.7.